The highest BCUT2D eigenvalue weighted by Crippen LogP contribution is 2.26. The lowest BCUT2D eigenvalue weighted by Crippen LogP contribution is -2.35. The lowest BCUT2D eigenvalue weighted by atomic mass is 10.0. The molecule has 0 aliphatic heterocycles. The molecular formula is C25H28ClNO7. The molecule has 0 fully saturated rings. The van der Waals surface area contributed by atoms with E-state index in [2.05, 4.69) is 5.32 Å². The van der Waals surface area contributed by atoms with Crippen LogP contribution in [0.15, 0.2) is 42.5 Å². The van der Waals surface area contributed by atoms with Gasteiger partial charge in [0.05, 0.1) is 6.61 Å². The number of esters is 2. The Morgan fingerprint density at radius 1 is 1.12 bits per heavy atom. The first kappa shape index (κ1) is 25.5. The van der Waals surface area contributed by atoms with Crippen molar-refractivity contribution in [3.8, 4) is 5.75 Å². The Hall–Kier alpha value is -3.10. The Labute approximate surface area is 203 Å². The number of aryl methyl sites for hydroxylation is 2. The smallest absolute Gasteiger partial charge is 0.417 e. The van der Waals surface area contributed by atoms with Crippen molar-refractivity contribution in [3.63, 3.8) is 0 Å². The van der Waals surface area contributed by atoms with Crippen molar-refractivity contribution in [2.75, 3.05) is 19.8 Å². The first-order valence-corrected chi connectivity index (χ1v) is 11.6. The molecule has 0 bridgehead atoms. The van der Waals surface area contributed by atoms with Crippen LogP contribution < -0.4 is 10.1 Å². The van der Waals surface area contributed by atoms with Gasteiger partial charge in [-0.25, -0.2) is 14.4 Å². The van der Waals surface area contributed by atoms with E-state index in [0.717, 1.165) is 31.2 Å². The van der Waals surface area contributed by atoms with E-state index in [0.29, 0.717) is 22.9 Å². The quantitative estimate of drug-likeness (QED) is 0.313. The molecule has 182 valence electrons. The van der Waals surface area contributed by atoms with Gasteiger partial charge in [-0.1, -0.05) is 29.8 Å². The molecule has 8 nitrogen and oxygen atoms in total. The minimum absolute atomic E-state index is 0.128. The maximum Gasteiger partial charge on any atom is 0.417 e. The summed E-state index contributed by atoms with van der Waals surface area (Å²) < 4.78 is 15.6. The summed E-state index contributed by atoms with van der Waals surface area (Å²) in [6.45, 7) is 2.19. The van der Waals surface area contributed by atoms with Crippen molar-refractivity contribution in [3.05, 3.63) is 64.2 Å². The molecule has 0 heterocycles. The molecule has 0 spiro atoms. The average molecular weight is 490 g/mol. The Balaban J connectivity index is 1.60. The monoisotopic (exact) mass is 489 g/mol. The minimum Gasteiger partial charge on any atom is -0.482 e. The molecule has 0 saturated carbocycles. The summed E-state index contributed by atoms with van der Waals surface area (Å²) in [5.74, 6) is -2.73. The van der Waals surface area contributed by atoms with E-state index in [1.807, 2.05) is 18.2 Å². The van der Waals surface area contributed by atoms with Gasteiger partial charge in [-0.15, -0.1) is 0 Å². The third-order valence-corrected chi connectivity index (χ3v) is 5.84. The van der Waals surface area contributed by atoms with Crippen LogP contribution in [0.2, 0.25) is 5.02 Å². The van der Waals surface area contributed by atoms with E-state index in [1.165, 1.54) is 5.56 Å². The van der Waals surface area contributed by atoms with Crippen LogP contribution in [-0.4, -0.2) is 48.8 Å². The van der Waals surface area contributed by atoms with E-state index in [-0.39, 0.29) is 19.2 Å². The minimum atomic E-state index is -1.64. The molecule has 3 rings (SSSR count). The number of nitrogens with one attached hydrogen (secondary N) is 1. The van der Waals surface area contributed by atoms with Crippen LogP contribution in [0.25, 0.3) is 0 Å². The normalized spacial score (nSPS) is 16.0. The first-order chi connectivity index (χ1) is 16.4. The number of carbonyl (C=O) groups is 3. The van der Waals surface area contributed by atoms with E-state index >= 15 is 0 Å². The third kappa shape index (κ3) is 7.46. The van der Waals surface area contributed by atoms with Crippen LogP contribution >= 0.6 is 11.6 Å². The molecule has 2 aromatic carbocycles. The number of benzene rings is 2. The molecule has 2 N–H and O–H groups in total. The SMILES string of the molecule is CCOC(=O)COc1ccc2c(c1)CCC(NC[C@H](OC(=O)C(=O)O)c1cccc(Cl)c1)CC2. The lowest BCUT2D eigenvalue weighted by molar-refractivity contribution is -0.167. The molecule has 0 amide bonds. The largest absolute Gasteiger partial charge is 0.482 e. The number of ether oxygens (including phenoxy) is 3. The predicted molar refractivity (Wildman–Crippen MR) is 125 cm³/mol. The molecule has 0 aromatic heterocycles. The molecule has 2 aromatic rings. The zero-order chi connectivity index (χ0) is 24.5. The first-order valence-electron chi connectivity index (χ1n) is 11.2. The molecule has 2 atom stereocenters. The average Bonchev–Trinajstić information content (AvgIpc) is 3.02. The van der Waals surface area contributed by atoms with Crippen LogP contribution in [0.3, 0.4) is 0 Å². The molecule has 9 heteroatoms. The zero-order valence-corrected chi connectivity index (χ0v) is 19.7. The Morgan fingerprint density at radius 3 is 2.59 bits per heavy atom. The number of rotatable bonds is 9. The summed E-state index contributed by atoms with van der Waals surface area (Å²) in [6, 6.07) is 12.8. The van der Waals surface area contributed by atoms with Crippen LogP contribution in [0.5, 0.6) is 5.75 Å². The van der Waals surface area contributed by atoms with Crippen molar-refractivity contribution in [2.24, 2.45) is 0 Å². The van der Waals surface area contributed by atoms with Gasteiger partial charge in [0, 0.05) is 17.6 Å². The predicted octanol–water partition coefficient (Wildman–Crippen LogP) is 3.49. The molecule has 0 saturated heterocycles. The molecular weight excluding hydrogens is 462 g/mol. The Bertz CT molecular complexity index is 1030. The van der Waals surface area contributed by atoms with Gasteiger partial charge >= 0.3 is 17.9 Å². The van der Waals surface area contributed by atoms with E-state index < -0.39 is 24.0 Å². The van der Waals surface area contributed by atoms with E-state index in [4.69, 9.17) is 30.9 Å². The molecule has 34 heavy (non-hydrogen) atoms. The van der Waals surface area contributed by atoms with Crippen LogP contribution in [0, 0.1) is 0 Å². The summed E-state index contributed by atoms with van der Waals surface area (Å²) >= 11 is 6.07. The summed E-state index contributed by atoms with van der Waals surface area (Å²) in [7, 11) is 0. The fourth-order valence-corrected chi connectivity index (χ4v) is 4.11. The van der Waals surface area contributed by atoms with Crippen molar-refractivity contribution in [1.82, 2.24) is 5.32 Å². The van der Waals surface area contributed by atoms with E-state index in [1.54, 1.807) is 31.2 Å². The lowest BCUT2D eigenvalue weighted by Gasteiger charge is -2.22. The number of halogens is 1. The van der Waals surface area contributed by atoms with Crippen LogP contribution in [0.1, 0.15) is 42.6 Å². The number of hydrogen-bond donors (Lipinski definition) is 2. The molecule has 1 unspecified atom stereocenters. The second-order valence-corrected chi connectivity index (χ2v) is 8.40. The highest BCUT2D eigenvalue weighted by molar-refractivity contribution is 6.30. The van der Waals surface area contributed by atoms with Crippen molar-refractivity contribution in [2.45, 2.75) is 44.8 Å². The van der Waals surface area contributed by atoms with Crippen LogP contribution in [-0.2, 0) is 36.7 Å². The molecule has 1 aliphatic carbocycles. The summed E-state index contributed by atoms with van der Waals surface area (Å²) in [5, 5.41) is 12.8. The van der Waals surface area contributed by atoms with Gasteiger partial charge in [0.25, 0.3) is 0 Å². The fourth-order valence-electron chi connectivity index (χ4n) is 3.91. The summed E-state index contributed by atoms with van der Waals surface area (Å²) in [6.07, 6.45) is 2.58. The van der Waals surface area contributed by atoms with Gasteiger partial charge in [0.15, 0.2) is 6.61 Å². The van der Waals surface area contributed by atoms with Gasteiger partial charge < -0.3 is 24.6 Å². The number of hydrogen-bond acceptors (Lipinski definition) is 7. The van der Waals surface area contributed by atoms with Gasteiger partial charge in [-0.05, 0) is 73.6 Å². The highest BCUT2D eigenvalue weighted by atomic mass is 35.5. The number of carboxylic acids is 1. The van der Waals surface area contributed by atoms with Gasteiger partial charge in [-0.3, -0.25) is 0 Å². The van der Waals surface area contributed by atoms with Crippen molar-refractivity contribution >= 4 is 29.5 Å². The van der Waals surface area contributed by atoms with Gasteiger partial charge in [0.1, 0.15) is 11.9 Å². The van der Waals surface area contributed by atoms with Gasteiger partial charge in [-0.2, -0.15) is 0 Å². The maximum absolute atomic E-state index is 11.7. The molecule has 0 radical (unpaired) electrons. The number of fused-ring (bicyclic) bond motifs is 1. The second-order valence-electron chi connectivity index (χ2n) is 7.96. The summed E-state index contributed by atoms with van der Waals surface area (Å²) in [5.41, 5.74) is 3.00. The Kier molecular flexibility index (Phi) is 9.30. The van der Waals surface area contributed by atoms with Crippen LogP contribution in [0.4, 0.5) is 0 Å². The number of carbonyl (C=O) groups excluding carboxylic acids is 2. The maximum atomic E-state index is 11.7. The van der Waals surface area contributed by atoms with Gasteiger partial charge in [0.2, 0.25) is 0 Å². The van der Waals surface area contributed by atoms with Crippen molar-refractivity contribution in [1.29, 1.82) is 0 Å². The highest BCUT2D eigenvalue weighted by Gasteiger charge is 2.24. The topological polar surface area (TPSA) is 111 Å². The number of carboxylic acid groups (broad SMARTS) is 1. The standard InChI is InChI=1S/C25H28ClNO7/c1-2-32-23(28)15-33-21-11-8-16-6-9-20(10-7-17(16)13-21)27-14-22(34-25(31)24(29)30)18-4-3-5-19(26)12-18/h3-5,8,11-13,20,22,27H,2,6-7,9-10,14-15H2,1H3,(H,29,30)/t20?,22-/m0/s1. The number of aliphatic carboxylic acids is 1. The second kappa shape index (κ2) is 12.4. The van der Waals surface area contributed by atoms with E-state index in [9.17, 15) is 14.4 Å². The van der Waals surface area contributed by atoms with Crippen molar-refractivity contribution < 1.29 is 33.7 Å². The third-order valence-electron chi connectivity index (χ3n) is 5.60. The zero-order valence-electron chi connectivity index (χ0n) is 18.9. The Morgan fingerprint density at radius 2 is 1.88 bits per heavy atom. The summed E-state index contributed by atoms with van der Waals surface area (Å²) in [4.78, 5) is 34.2. The fraction of sp³-hybridized carbons (Fsp3) is 0.400. The molecule has 1 aliphatic rings.